The van der Waals surface area contributed by atoms with E-state index in [9.17, 15) is 4.79 Å². The largest absolute Gasteiger partial charge is 0.397 e. The van der Waals surface area contributed by atoms with E-state index in [1.54, 1.807) is 31.2 Å². The summed E-state index contributed by atoms with van der Waals surface area (Å²) in [6, 6.07) is 14.4. The van der Waals surface area contributed by atoms with Gasteiger partial charge >= 0.3 is 0 Å². The zero-order chi connectivity index (χ0) is 15.2. The van der Waals surface area contributed by atoms with E-state index in [0.717, 1.165) is 5.56 Å². The van der Waals surface area contributed by atoms with Crippen LogP contribution in [0, 0.1) is 0 Å². The summed E-state index contributed by atoms with van der Waals surface area (Å²) in [5, 5.41) is 3.39. The number of nitrogens with two attached hydrogens (primary N) is 1. The third kappa shape index (κ3) is 4.48. The molecule has 21 heavy (non-hydrogen) atoms. The Balaban J connectivity index is 1.90. The molecule has 0 fully saturated rings. The fraction of sp³-hybridized carbons (Fsp3) is 0.188. The van der Waals surface area contributed by atoms with Crippen LogP contribution < -0.4 is 11.1 Å². The van der Waals surface area contributed by atoms with Gasteiger partial charge in [-0.05, 0) is 36.8 Å². The number of hydrogen-bond donors (Lipinski definition) is 2. The Morgan fingerprint density at radius 3 is 2.76 bits per heavy atom. The van der Waals surface area contributed by atoms with Crippen LogP contribution in [0.1, 0.15) is 12.5 Å². The second kappa shape index (κ2) is 7.11. The Kier molecular flexibility index (Phi) is 5.20. The minimum Gasteiger partial charge on any atom is -0.397 e. The number of rotatable bonds is 5. The average Bonchev–Trinajstić information content (AvgIpc) is 2.47. The monoisotopic (exact) mass is 304 g/mol. The van der Waals surface area contributed by atoms with Crippen molar-refractivity contribution in [2.45, 2.75) is 19.6 Å². The standard InChI is InChI=1S/C16H17ClN2O2/c1-11(21-10-12-5-4-6-13(17)9-12)16(20)19-15-8-3-2-7-14(15)18/h2-9,11H,10,18H2,1H3,(H,19,20). The van der Waals surface area contributed by atoms with E-state index in [1.807, 2.05) is 24.3 Å². The molecule has 4 nitrogen and oxygen atoms in total. The molecule has 2 rings (SSSR count). The number of para-hydroxylation sites is 2. The first-order valence-corrected chi connectivity index (χ1v) is 6.95. The number of benzene rings is 2. The first-order chi connectivity index (χ1) is 10.1. The van der Waals surface area contributed by atoms with Crippen LogP contribution in [0.3, 0.4) is 0 Å². The summed E-state index contributed by atoms with van der Waals surface area (Å²) in [6.07, 6.45) is -0.594. The van der Waals surface area contributed by atoms with Crippen molar-refractivity contribution in [1.82, 2.24) is 0 Å². The summed E-state index contributed by atoms with van der Waals surface area (Å²) < 4.78 is 5.55. The number of halogens is 1. The molecule has 3 N–H and O–H groups in total. The molecule has 110 valence electrons. The zero-order valence-corrected chi connectivity index (χ0v) is 12.4. The molecule has 0 saturated carbocycles. The molecule has 0 heterocycles. The van der Waals surface area contributed by atoms with E-state index < -0.39 is 6.10 Å². The van der Waals surface area contributed by atoms with Crippen LogP contribution in [0.4, 0.5) is 11.4 Å². The Bertz CT molecular complexity index is 631. The normalized spacial score (nSPS) is 11.9. The molecule has 1 amide bonds. The van der Waals surface area contributed by atoms with Gasteiger partial charge in [-0.2, -0.15) is 0 Å². The van der Waals surface area contributed by atoms with Gasteiger partial charge in [0.05, 0.1) is 18.0 Å². The SMILES string of the molecule is CC(OCc1cccc(Cl)c1)C(=O)Nc1ccccc1N. The van der Waals surface area contributed by atoms with Gasteiger partial charge in [-0.25, -0.2) is 0 Å². The maximum Gasteiger partial charge on any atom is 0.253 e. The third-order valence-corrected chi connectivity index (χ3v) is 3.21. The summed E-state index contributed by atoms with van der Waals surface area (Å²) in [5.41, 5.74) is 7.80. The van der Waals surface area contributed by atoms with E-state index in [4.69, 9.17) is 22.1 Å². The number of amides is 1. The lowest BCUT2D eigenvalue weighted by atomic mass is 10.2. The number of hydrogen-bond acceptors (Lipinski definition) is 3. The Morgan fingerprint density at radius 1 is 1.29 bits per heavy atom. The number of anilines is 2. The number of nitrogens with one attached hydrogen (secondary N) is 1. The van der Waals surface area contributed by atoms with Crippen molar-refractivity contribution in [3.05, 3.63) is 59.1 Å². The number of ether oxygens (including phenoxy) is 1. The lowest BCUT2D eigenvalue weighted by Gasteiger charge is -2.14. The molecule has 0 saturated heterocycles. The number of carbonyl (C=O) groups excluding carboxylic acids is 1. The quantitative estimate of drug-likeness (QED) is 0.831. The van der Waals surface area contributed by atoms with Gasteiger partial charge in [0, 0.05) is 5.02 Å². The first-order valence-electron chi connectivity index (χ1n) is 6.57. The van der Waals surface area contributed by atoms with Crippen molar-refractivity contribution in [1.29, 1.82) is 0 Å². The summed E-state index contributed by atoms with van der Waals surface area (Å²) in [5.74, 6) is -0.241. The van der Waals surface area contributed by atoms with Gasteiger partial charge in [0.2, 0.25) is 0 Å². The highest BCUT2D eigenvalue weighted by Crippen LogP contribution is 2.17. The smallest absolute Gasteiger partial charge is 0.253 e. The molecule has 0 bridgehead atoms. The zero-order valence-electron chi connectivity index (χ0n) is 11.7. The van der Waals surface area contributed by atoms with E-state index in [1.165, 1.54) is 0 Å². The van der Waals surface area contributed by atoms with Crippen molar-refractivity contribution in [2.75, 3.05) is 11.1 Å². The highest BCUT2D eigenvalue weighted by Gasteiger charge is 2.14. The maximum absolute atomic E-state index is 12.0. The molecule has 0 radical (unpaired) electrons. The minimum atomic E-state index is -0.594. The molecule has 0 spiro atoms. The van der Waals surface area contributed by atoms with Crippen LogP contribution in [0.2, 0.25) is 5.02 Å². The highest BCUT2D eigenvalue weighted by molar-refractivity contribution is 6.30. The average molecular weight is 305 g/mol. The summed E-state index contributed by atoms with van der Waals surface area (Å²) in [4.78, 5) is 12.0. The van der Waals surface area contributed by atoms with Crippen LogP contribution in [0.5, 0.6) is 0 Å². The van der Waals surface area contributed by atoms with E-state index >= 15 is 0 Å². The minimum absolute atomic E-state index is 0.241. The van der Waals surface area contributed by atoms with Crippen LogP contribution in [-0.2, 0) is 16.1 Å². The lowest BCUT2D eigenvalue weighted by molar-refractivity contribution is -0.127. The van der Waals surface area contributed by atoms with Crippen LogP contribution in [-0.4, -0.2) is 12.0 Å². The molecule has 1 unspecified atom stereocenters. The Labute approximate surface area is 128 Å². The fourth-order valence-electron chi connectivity index (χ4n) is 1.77. The van der Waals surface area contributed by atoms with Gasteiger partial charge in [-0.1, -0.05) is 35.9 Å². The van der Waals surface area contributed by atoms with E-state index in [-0.39, 0.29) is 5.91 Å². The third-order valence-electron chi connectivity index (χ3n) is 2.98. The first kappa shape index (κ1) is 15.4. The molecule has 0 aromatic heterocycles. The van der Waals surface area contributed by atoms with Gasteiger partial charge in [-0.3, -0.25) is 4.79 Å². The fourth-order valence-corrected chi connectivity index (χ4v) is 1.98. The second-order valence-corrected chi connectivity index (χ2v) is 5.10. The highest BCUT2D eigenvalue weighted by atomic mass is 35.5. The second-order valence-electron chi connectivity index (χ2n) is 4.66. The molecule has 0 aliphatic rings. The maximum atomic E-state index is 12.0. The molecule has 0 aliphatic carbocycles. The Hall–Kier alpha value is -2.04. The van der Waals surface area contributed by atoms with Crippen LogP contribution >= 0.6 is 11.6 Å². The molecular formula is C16H17ClN2O2. The van der Waals surface area contributed by atoms with Gasteiger partial charge in [-0.15, -0.1) is 0 Å². The molecule has 2 aromatic carbocycles. The number of carbonyl (C=O) groups is 1. The lowest BCUT2D eigenvalue weighted by Crippen LogP contribution is -2.27. The molecule has 1 atom stereocenters. The van der Waals surface area contributed by atoms with Crippen LogP contribution in [0.25, 0.3) is 0 Å². The van der Waals surface area contributed by atoms with Gasteiger partial charge in [0.15, 0.2) is 0 Å². The molecule has 5 heteroatoms. The van der Waals surface area contributed by atoms with Crippen molar-refractivity contribution < 1.29 is 9.53 Å². The number of nitrogen functional groups attached to an aromatic ring is 1. The molecular weight excluding hydrogens is 288 g/mol. The van der Waals surface area contributed by atoms with Gasteiger partial charge in [0.25, 0.3) is 5.91 Å². The van der Waals surface area contributed by atoms with Crippen LogP contribution in [0.15, 0.2) is 48.5 Å². The summed E-state index contributed by atoms with van der Waals surface area (Å²) >= 11 is 5.90. The van der Waals surface area contributed by atoms with Crippen molar-refractivity contribution in [2.24, 2.45) is 0 Å². The predicted octanol–water partition coefficient (Wildman–Crippen LogP) is 3.47. The van der Waals surface area contributed by atoms with Crippen molar-refractivity contribution in [3.63, 3.8) is 0 Å². The molecule has 0 aliphatic heterocycles. The van der Waals surface area contributed by atoms with E-state index in [0.29, 0.717) is 23.0 Å². The Morgan fingerprint density at radius 2 is 2.05 bits per heavy atom. The van der Waals surface area contributed by atoms with Gasteiger partial charge in [0.1, 0.15) is 6.10 Å². The van der Waals surface area contributed by atoms with E-state index in [2.05, 4.69) is 5.32 Å². The van der Waals surface area contributed by atoms with Gasteiger partial charge < -0.3 is 15.8 Å². The topological polar surface area (TPSA) is 64.3 Å². The molecule has 2 aromatic rings. The van der Waals surface area contributed by atoms with Crippen molar-refractivity contribution >= 4 is 28.9 Å². The van der Waals surface area contributed by atoms with Crippen molar-refractivity contribution in [3.8, 4) is 0 Å². The summed E-state index contributed by atoms with van der Waals surface area (Å²) in [7, 11) is 0. The summed E-state index contributed by atoms with van der Waals surface area (Å²) in [6.45, 7) is 2.01. The predicted molar refractivity (Wildman–Crippen MR) is 85.2 cm³/mol.